The van der Waals surface area contributed by atoms with Crippen LogP contribution in [0, 0.1) is 6.92 Å². The van der Waals surface area contributed by atoms with Crippen molar-refractivity contribution in [3.05, 3.63) is 115 Å². The molecule has 0 N–H and O–H groups in total. The van der Waals surface area contributed by atoms with Gasteiger partial charge in [0.05, 0.1) is 13.2 Å². The summed E-state index contributed by atoms with van der Waals surface area (Å²) in [5.41, 5.74) is 2.47. The molecule has 0 bridgehead atoms. The SMILES string of the molecule is C=CC(=O)OCCCCCCOc1ccc(C(=C)Oc2ccc(OC(=O)CCc3ccc(OC(=O)C=C)cc3)c(C)c2)cc1. The molecule has 0 radical (unpaired) electrons. The molecule has 0 saturated heterocycles. The van der Waals surface area contributed by atoms with E-state index in [1.54, 1.807) is 42.5 Å². The number of hydrogen-bond donors (Lipinski definition) is 0. The average Bonchev–Trinajstić information content (AvgIpc) is 3.03. The van der Waals surface area contributed by atoms with Crippen LogP contribution in [0.15, 0.2) is 98.6 Å². The third kappa shape index (κ3) is 11.6. The van der Waals surface area contributed by atoms with Crippen molar-refractivity contribution in [1.29, 1.82) is 0 Å². The maximum absolute atomic E-state index is 12.5. The maximum atomic E-state index is 12.5. The minimum atomic E-state index is -0.528. The number of esters is 3. The van der Waals surface area contributed by atoms with Crippen molar-refractivity contribution >= 4 is 23.7 Å². The normalized spacial score (nSPS) is 10.3. The van der Waals surface area contributed by atoms with E-state index in [9.17, 15) is 14.4 Å². The molecule has 3 aromatic carbocycles. The summed E-state index contributed by atoms with van der Waals surface area (Å²) in [7, 11) is 0. The van der Waals surface area contributed by atoms with E-state index < -0.39 is 5.97 Å². The topological polar surface area (TPSA) is 97.4 Å². The number of aryl methyl sites for hydroxylation is 2. The van der Waals surface area contributed by atoms with Crippen LogP contribution >= 0.6 is 0 Å². The van der Waals surface area contributed by atoms with Gasteiger partial charge >= 0.3 is 17.9 Å². The average molecular weight is 599 g/mol. The third-order valence-corrected chi connectivity index (χ3v) is 6.43. The van der Waals surface area contributed by atoms with Crippen LogP contribution < -0.4 is 18.9 Å². The molecule has 0 spiro atoms. The van der Waals surface area contributed by atoms with Crippen LogP contribution in [0.25, 0.3) is 5.76 Å². The van der Waals surface area contributed by atoms with Gasteiger partial charge in [-0.2, -0.15) is 0 Å². The van der Waals surface area contributed by atoms with Crippen molar-refractivity contribution in [2.24, 2.45) is 0 Å². The number of hydrogen-bond acceptors (Lipinski definition) is 8. The smallest absolute Gasteiger partial charge is 0.335 e. The van der Waals surface area contributed by atoms with E-state index in [1.807, 2.05) is 31.2 Å². The van der Waals surface area contributed by atoms with Crippen LogP contribution in [0.3, 0.4) is 0 Å². The fourth-order valence-electron chi connectivity index (χ4n) is 4.02. The first-order valence-electron chi connectivity index (χ1n) is 14.4. The molecular weight excluding hydrogens is 560 g/mol. The number of ether oxygens (including phenoxy) is 5. The Balaban J connectivity index is 1.38. The van der Waals surface area contributed by atoms with E-state index in [2.05, 4.69) is 19.7 Å². The molecular formula is C36H38O8. The molecule has 0 amide bonds. The summed E-state index contributed by atoms with van der Waals surface area (Å²) in [4.78, 5) is 34.7. The van der Waals surface area contributed by atoms with Crippen molar-refractivity contribution in [3.63, 3.8) is 0 Å². The summed E-state index contributed by atoms with van der Waals surface area (Å²) in [6, 6.07) is 19.7. The molecule has 0 saturated carbocycles. The quantitative estimate of drug-likeness (QED) is 0.0493. The Bertz CT molecular complexity index is 1440. The van der Waals surface area contributed by atoms with E-state index in [0.29, 0.717) is 42.6 Å². The molecule has 8 heteroatoms. The van der Waals surface area contributed by atoms with Crippen LogP contribution in [0.1, 0.15) is 48.8 Å². The highest BCUT2D eigenvalue weighted by atomic mass is 16.5. The summed E-state index contributed by atoms with van der Waals surface area (Å²) >= 11 is 0. The number of carbonyl (C=O) groups excluding carboxylic acids is 3. The van der Waals surface area contributed by atoms with Gasteiger partial charge in [0.15, 0.2) is 0 Å². The predicted octanol–water partition coefficient (Wildman–Crippen LogP) is 7.34. The van der Waals surface area contributed by atoms with E-state index in [1.165, 1.54) is 6.08 Å². The van der Waals surface area contributed by atoms with Gasteiger partial charge < -0.3 is 23.7 Å². The van der Waals surface area contributed by atoms with E-state index in [0.717, 1.165) is 54.2 Å². The molecule has 0 fully saturated rings. The van der Waals surface area contributed by atoms with Gasteiger partial charge in [-0.05, 0) is 105 Å². The summed E-state index contributed by atoms with van der Waals surface area (Å²) in [6.45, 7) is 13.6. The van der Waals surface area contributed by atoms with Gasteiger partial charge in [-0.15, -0.1) is 0 Å². The zero-order chi connectivity index (χ0) is 31.7. The monoisotopic (exact) mass is 598 g/mol. The van der Waals surface area contributed by atoms with Gasteiger partial charge in [0, 0.05) is 24.1 Å². The summed E-state index contributed by atoms with van der Waals surface area (Å²) in [6.07, 6.45) is 6.60. The van der Waals surface area contributed by atoms with Gasteiger partial charge in [-0.1, -0.05) is 31.9 Å². The predicted molar refractivity (Wildman–Crippen MR) is 169 cm³/mol. The van der Waals surface area contributed by atoms with Crippen molar-refractivity contribution in [1.82, 2.24) is 0 Å². The van der Waals surface area contributed by atoms with Crippen molar-refractivity contribution in [2.45, 2.75) is 45.4 Å². The molecule has 44 heavy (non-hydrogen) atoms. The molecule has 0 aromatic heterocycles. The molecule has 0 heterocycles. The fourth-order valence-corrected chi connectivity index (χ4v) is 4.02. The van der Waals surface area contributed by atoms with Gasteiger partial charge in [-0.25, -0.2) is 9.59 Å². The van der Waals surface area contributed by atoms with Gasteiger partial charge in [0.2, 0.25) is 0 Å². The fraction of sp³-hybridized carbons (Fsp3) is 0.250. The largest absolute Gasteiger partial charge is 0.494 e. The number of benzene rings is 3. The zero-order valence-corrected chi connectivity index (χ0v) is 25.0. The van der Waals surface area contributed by atoms with Crippen molar-refractivity contribution < 1.29 is 38.1 Å². The Morgan fingerprint density at radius 3 is 2.00 bits per heavy atom. The van der Waals surface area contributed by atoms with Crippen LogP contribution in [-0.2, 0) is 25.5 Å². The molecule has 8 nitrogen and oxygen atoms in total. The lowest BCUT2D eigenvalue weighted by Gasteiger charge is -2.13. The van der Waals surface area contributed by atoms with Crippen molar-refractivity contribution in [2.75, 3.05) is 13.2 Å². The Morgan fingerprint density at radius 1 is 0.705 bits per heavy atom. The standard InChI is InChI=1S/C36H38O8/c1-5-34(37)41-24-10-8-7-9-23-40-30-18-14-29(15-19-30)27(4)42-32-20-21-33(26(3)25-32)44-36(39)22-13-28-11-16-31(17-12-28)43-35(38)6-2/h5-6,11-12,14-21,25H,1-2,4,7-10,13,22-24H2,3H3. The van der Waals surface area contributed by atoms with Crippen LogP contribution in [0.4, 0.5) is 0 Å². The molecule has 3 rings (SSSR count). The Morgan fingerprint density at radius 2 is 1.34 bits per heavy atom. The highest BCUT2D eigenvalue weighted by Crippen LogP contribution is 2.28. The first-order chi connectivity index (χ1) is 21.3. The first-order valence-corrected chi connectivity index (χ1v) is 14.4. The minimum absolute atomic E-state index is 0.190. The molecule has 230 valence electrons. The molecule has 0 unspecified atom stereocenters. The second-order valence-corrected chi connectivity index (χ2v) is 9.85. The lowest BCUT2D eigenvalue weighted by atomic mass is 10.1. The second kappa shape index (κ2) is 17.8. The molecule has 0 atom stereocenters. The van der Waals surface area contributed by atoms with Crippen LogP contribution in [0.5, 0.6) is 23.0 Å². The Kier molecular flexibility index (Phi) is 13.5. The van der Waals surface area contributed by atoms with Gasteiger partial charge in [-0.3, -0.25) is 4.79 Å². The van der Waals surface area contributed by atoms with Crippen molar-refractivity contribution in [3.8, 4) is 23.0 Å². The van der Waals surface area contributed by atoms with Crippen LogP contribution in [0.2, 0.25) is 0 Å². The minimum Gasteiger partial charge on any atom is -0.494 e. The Hall–Kier alpha value is -5.11. The number of carbonyl (C=O) groups is 3. The maximum Gasteiger partial charge on any atom is 0.335 e. The lowest BCUT2D eigenvalue weighted by Crippen LogP contribution is -2.10. The third-order valence-electron chi connectivity index (χ3n) is 6.43. The Labute approximate surface area is 258 Å². The molecule has 0 aliphatic carbocycles. The van der Waals surface area contributed by atoms with Gasteiger partial charge in [0.1, 0.15) is 28.8 Å². The second-order valence-electron chi connectivity index (χ2n) is 9.85. The first kappa shape index (κ1) is 33.4. The highest BCUT2D eigenvalue weighted by Gasteiger charge is 2.11. The van der Waals surface area contributed by atoms with Crippen LogP contribution in [-0.4, -0.2) is 31.1 Å². The molecule has 3 aromatic rings. The molecule has 0 aliphatic rings. The summed E-state index contributed by atoms with van der Waals surface area (Å²) in [5, 5.41) is 0. The number of rotatable bonds is 18. The summed E-state index contributed by atoms with van der Waals surface area (Å²) < 4.78 is 27.3. The zero-order valence-electron chi connectivity index (χ0n) is 25.0. The molecule has 0 aliphatic heterocycles. The van der Waals surface area contributed by atoms with E-state index >= 15 is 0 Å². The number of unbranched alkanes of at least 4 members (excludes halogenated alkanes) is 3. The summed E-state index contributed by atoms with van der Waals surface area (Å²) in [5.74, 6) is 1.40. The van der Waals surface area contributed by atoms with E-state index in [4.69, 9.17) is 23.7 Å². The van der Waals surface area contributed by atoms with E-state index in [-0.39, 0.29) is 18.4 Å². The highest BCUT2D eigenvalue weighted by molar-refractivity contribution is 5.83. The van der Waals surface area contributed by atoms with Gasteiger partial charge in [0.25, 0.3) is 0 Å². The lowest BCUT2D eigenvalue weighted by molar-refractivity contribution is -0.138.